The van der Waals surface area contributed by atoms with Gasteiger partial charge in [0.15, 0.2) is 11.5 Å². The Kier molecular flexibility index (Phi) is 5.20. The Morgan fingerprint density at radius 3 is 2.90 bits per heavy atom. The van der Waals surface area contributed by atoms with Crippen molar-refractivity contribution in [3.63, 3.8) is 0 Å². The van der Waals surface area contributed by atoms with Crippen LogP contribution >= 0.6 is 0 Å². The standard InChI is InChI=1S/C14H19NO5/c1-18-14(17)4-5-15-9-11(16)10-2-3-12-13(8-10)20-7-6-19-12/h2-3,8,11,15-16H,4-7,9H2,1H3. The summed E-state index contributed by atoms with van der Waals surface area (Å²) in [6.07, 6.45) is -0.381. The molecular weight excluding hydrogens is 262 g/mol. The van der Waals surface area contributed by atoms with Gasteiger partial charge in [-0.25, -0.2) is 0 Å². The van der Waals surface area contributed by atoms with Gasteiger partial charge >= 0.3 is 5.97 Å². The van der Waals surface area contributed by atoms with Gasteiger partial charge in [-0.3, -0.25) is 4.79 Å². The van der Waals surface area contributed by atoms with Gasteiger partial charge in [0, 0.05) is 13.1 Å². The van der Waals surface area contributed by atoms with E-state index in [-0.39, 0.29) is 12.4 Å². The van der Waals surface area contributed by atoms with E-state index >= 15 is 0 Å². The van der Waals surface area contributed by atoms with Gasteiger partial charge in [-0.1, -0.05) is 6.07 Å². The molecule has 6 heteroatoms. The first kappa shape index (κ1) is 14.6. The summed E-state index contributed by atoms with van der Waals surface area (Å²) in [5.74, 6) is 1.08. The SMILES string of the molecule is COC(=O)CCNCC(O)c1ccc2c(c1)OCCO2. The summed E-state index contributed by atoms with van der Waals surface area (Å²) in [6, 6.07) is 5.38. The number of ether oxygens (including phenoxy) is 3. The monoisotopic (exact) mass is 281 g/mol. The summed E-state index contributed by atoms with van der Waals surface area (Å²) in [6.45, 7) is 1.89. The van der Waals surface area contributed by atoms with E-state index in [0.717, 1.165) is 5.56 Å². The first-order valence-electron chi connectivity index (χ1n) is 6.56. The third-order valence-electron chi connectivity index (χ3n) is 3.02. The number of methoxy groups -OCH3 is 1. The lowest BCUT2D eigenvalue weighted by Gasteiger charge is -2.20. The molecule has 20 heavy (non-hydrogen) atoms. The molecule has 0 saturated heterocycles. The minimum absolute atomic E-state index is 0.272. The lowest BCUT2D eigenvalue weighted by Crippen LogP contribution is -2.24. The first-order valence-corrected chi connectivity index (χ1v) is 6.56. The minimum atomic E-state index is -0.663. The normalized spacial score (nSPS) is 14.7. The Morgan fingerprint density at radius 2 is 2.15 bits per heavy atom. The van der Waals surface area contributed by atoms with Crippen LogP contribution in [0.3, 0.4) is 0 Å². The molecule has 110 valence electrons. The van der Waals surface area contributed by atoms with Crippen LogP contribution in [0.1, 0.15) is 18.1 Å². The molecule has 0 aliphatic carbocycles. The van der Waals surface area contributed by atoms with Crippen LogP contribution in [0.4, 0.5) is 0 Å². The second-order valence-corrected chi connectivity index (χ2v) is 4.45. The van der Waals surface area contributed by atoms with Crippen LogP contribution in [-0.4, -0.2) is 44.5 Å². The summed E-state index contributed by atoms with van der Waals surface area (Å²) >= 11 is 0. The summed E-state index contributed by atoms with van der Waals surface area (Å²) in [5, 5.41) is 13.1. The van der Waals surface area contributed by atoms with Crippen LogP contribution < -0.4 is 14.8 Å². The molecule has 1 unspecified atom stereocenters. The van der Waals surface area contributed by atoms with E-state index in [9.17, 15) is 9.90 Å². The van der Waals surface area contributed by atoms with E-state index in [0.29, 0.717) is 37.8 Å². The van der Waals surface area contributed by atoms with E-state index in [1.54, 1.807) is 18.2 Å². The Balaban J connectivity index is 1.83. The largest absolute Gasteiger partial charge is 0.486 e. The van der Waals surface area contributed by atoms with Crippen LogP contribution in [0.2, 0.25) is 0 Å². The van der Waals surface area contributed by atoms with Crippen LogP contribution in [0.15, 0.2) is 18.2 Å². The summed E-state index contributed by atoms with van der Waals surface area (Å²) in [5.41, 5.74) is 0.750. The number of esters is 1. The quantitative estimate of drug-likeness (QED) is 0.589. The first-order chi connectivity index (χ1) is 9.70. The summed E-state index contributed by atoms with van der Waals surface area (Å²) in [4.78, 5) is 10.9. The maximum atomic E-state index is 10.9. The Morgan fingerprint density at radius 1 is 1.40 bits per heavy atom. The highest BCUT2D eigenvalue weighted by atomic mass is 16.6. The molecule has 2 N–H and O–H groups in total. The maximum Gasteiger partial charge on any atom is 0.306 e. The van der Waals surface area contributed by atoms with Crippen molar-refractivity contribution < 1.29 is 24.1 Å². The Hall–Kier alpha value is -1.79. The number of carbonyl (C=O) groups is 1. The van der Waals surface area contributed by atoms with Crippen LogP contribution in [-0.2, 0) is 9.53 Å². The zero-order valence-electron chi connectivity index (χ0n) is 11.4. The third kappa shape index (κ3) is 3.85. The van der Waals surface area contributed by atoms with Crippen LogP contribution in [0.25, 0.3) is 0 Å². The maximum absolute atomic E-state index is 10.9. The minimum Gasteiger partial charge on any atom is -0.486 e. The Labute approximate surface area is 117 Å². The molecule has 0 aromatic heterocycles. The fourth-order valence-electron chi connectivity index (χ4n) is 1.92. The van der Waals surface area contributed by atoms with Gasteiger partial charge in [0.05, 0.1) is 19.6 Å². The van der Waals surface area contributed by atoms with E-state index < -0.39 is 6.10 Å². The summed E-state index contributed by atoms with van der Waals surface area (Å²) in [7, 11) is 1.35. The molecule has 1 aliphatic rings. The van der Waals surface area contributed by atoms with Crippen molar-refractivity contribution >= 4 is 5.97 Å². The molecule has 1 aliphatic heterocycles. The highest BCUT2D eigenvalue weighted by molar-refractivity contribution is 5.69. The topological polar surface area (TPSA) is 77.0 Å². The van der Waals surface area contributed by atoms with E-state index in [2.05, 4.69) is 10.1 Å². The molecule has 1 atom stereocenters. The number of aliphatic hydroxyl groups is 1. The molecule has 1 aromatic rings. The van der Waals surface area contributed by atoms with Gasteiger partial charge in [0.25, 0.3) is 0 Å². The second-order valence-electron chi connectivity index (χ2n) is 4.45. The number of hydrogen-bond acceptors (Lipinski definition) is 6. The average molecular weight is 281 g/mol. The molecule has 0 bridgehead atoms. The number of aliphatic hydroxyl groups excluding tert-OH is 1. The van der Waals surface area contributed by atoms with E-state index in [4.69, 9.17) is 9.47 Å². The molecule has 6 nitrogen and oxygen atoms in total. The molecule has 2 rings (SSSR count). The number of hydrogen-bond donors (Lipinski definition) is 2. The van der Waals surface area contributed by atoms with Crippen molar-refractivity contribution in [2.45, 2.75) is 12.5 Å². The lowest BCUT2D eigenvalue weighted by atomic mass is 10.1. The molecule has 1 heterocycles. The summed E-state index contributed by atoms with van der Waals surface area (Å²) < 4.78 is 15.4. The van der Waals surface area contributed by atoms with Crippen LogP contribution in [0, 0.1) is 0 Å². The van der Waals surface area contributed by atoms with Crippen molar-refractivity contribution in [1.82, 2.24) is 5.32 Å². The molecule has 0 saturated carbocycles. The molecular formula is C14H19NO5. The molecule has 0 fully saturated rings. The van der Waals surface area contributed by atoms with Gasteiger partial charge in [0.2, 0.25) is 0 Å². The lowest BCUT2D eigenvalue weighted by molar-refractivity contribution is -0.140. The van der Waals surface area contributed by atoms with Gasteiger partial charge in [-0.15, -0.1) is 0 Å². The number of carbonyl (C=O) groups excluding carboxylic acids is 1. The molecule has 1 aromatic carbocycles. The number of fused-ring (bicyclic) bond motifs is 1. The number of nitrogens with one attached hydrogen (secondary N) is 1. The Bertz CT molecular complexity index is 463. The fraction of sp³-hybridized carbons (Fsp3) is 0.500. The van der Waals surface area contributed by atoms with Gasteiger partial charge in [0.1, 0.15) is 13.2 Å². The van der Waals surface area contributed by atoms with Crippen molar-refractivity contribution in [2.24, 2.45) is 0 Å². The van der Waals surface area contributed by atoms with Gasteiger partial charge in [-0.05, 0) is 17.7 Å². The smallest absolute Gasteiger partial charge is 0.306 e. The van der Waals surface area contributed by atoms with E-state index in [1.165, 1.54) is 7.11 Å². The van der Waals surface area contributed by atoms with Crippen LogP contribution in [0.5, 0.6) is 11.5 Å². The molecule has 0 radical (unpaired) electrons. The third-order valence-corrected chi connectivity index (χ3v) is 3.02. The van der Waals surface area contributed by atoms with Gasteiger partial charge < -0.3 is 24.6 Å². The van der Waals surface area contributed by atoms with Crippen molar-refractivity contribution in [2.75, 3.05) is 33.4 Å². The predicted octanol–water partition coefficient (Wildman–Crippen LogP) is 0.644. The van der Waals surface area contributed by atoms with Crippen molar-refractivity contribution in [3.05, 3.63) is 23.8 Å². The van der Waals surface area contributed by atoms with Crippen molar-refractivity contribution in [1.29, 1.82) is 0 Å². The van der Waals surface area contributed by atoms with Gasteiger partial charge in [-0.2, -0.15) is 0 Å². The number of rotatable bonds is 6. The average Bonchev–Trinajstić information content (AvgIpc) is 2.50. The second kappa shape index (κ2) is 7.12. The molecule has 0 spiro atoms. The zero-order valence-corrected chi connectivity index (χ0v) is 11.4. The fourth-order valence-corrected chi connectivity index (χ4v) is 1.92. The highest BCUT2D eigenvalue weighted by Crippen LogP contribution is 2.32. The highest BCUT2D eigenvalue weighted by Gasteiger charge is 2.15. The zero-order chi connectivity index (χ0) is 14.4. The van der Waals surface area contributed by atoms with Crippen molar-refractivity contribution in [3.8, 4) is 11.5 Å². The molecule has 0 amide bonds. The van der Waals surface area contributed by atoms with E-state index in [1.807, 2.05) is 0 Å². The number of benzene rings is 1. The predicted molar refractivity (Wildman–Crippen MR) is 71.9 cm³/mol.